The molecule has 1 aliphatic rings. The molecule has 22 heavy (non-hydrogen) atoms. The number of rotatable bonds is 4. The van der Waals surface area contributed by atoms with E-state index in [4.69, 9.17) is 4.74 Å². The van der Waals surface area contributed by atoms with Gasteiger partial charge in [-0.05, 0) is 31.9 Å². The van der Waals surface area contributed by atoms with Crippen LogP contribution in [-0.2, 0) is 4.74 Å². The minimum atomic E-state index is 0.0223. The van der Waals surface area contributed by atoms with Crippen LogP contribution in [0.25, 0.3) is 5.82 Å². The molecule has 1 amide bonds. The molecule has 1 aliphatic heterocycles. The van der Waals surface area contributed by atoms with Crippen molar-refractivity contribution in [1.29, 1.82) is 0 Å². The van der Waals surface area contributed by atoms with Crippen LogP contribution in [0.4, 0.5) is 0 Å². The van der Waals surface area contributed by atoms with Crippen molar-refractivity contribution < 1.29 is 9.53 Å². The molecule has 0 radical (unpaired) electrons. The lowest BCUT2D eigenvalue weighted by Gasteiger charge is -2.32. The number of carbonyl (C=O) groups excluding carboxylic acids is 1. The number of pyridine rings is 1. The maximum Gasteiger partial charge on any atom is 0.255 e. The molecular formula is C16H20N4O2. The van der Waals surface area contributed by atoms with E-state index in [0.717, 1.165) is 25.2 Å². The third-order valence-electron chi connectivity index (χ3n) is 3.83. The number of likely N-dealkylation sites (tertiary alicyclic amines) is 1. The summed E-state index contributed by atoms with van der Waals surface area (Å²) in [7, 11) is 0. The number of nitrogens with zero attached hydrogens (tertiary/aromatic N) is 4. The molecule has 116 valence electrons. The van der Waals surface area contributed by atoms with Gasteiger partial charge in [-0.2, -0.15) is 0 Å². The van der Waals surface area contributed by atoms with E-state index in [1.54, 1.807) is 23.3 Å². The van der Waals surface area contributed by atoms with Crippen molar-refractivity contribution in [2.75, 3.05) is 19.7 Å². The second kappa shape index (κ2) is 6.70. The van der Waals surface area contributed by atoms with Gasteiger partial charge in [0.1, 0.15) is 12.1 Å². The van der Waals surface area contributed by atoms with Crippen molar-refractivity contribution in [2.24, 2.45) is 0 Å². The first-order valence-corrected chi connectivity index (χ1v) is 7.63. The maximum absolute atomic E-state index is 12.6. The molecule has 0 unspecified atom stereocenters. The Morgan fingerprint density at radius 1 is 1.45 bits per heavy atom. The summed E-state index contributed by atoms with van der Waals surface area (Å²) in [6.07, 6.45) is 8.99. The lowest BCUT2D eigenvalue weighted by Crippen LogP contribution is -2.43. The van der Waals surface area contributed by atoms with Crippen LogP contribution in [-0.4, -0.2) is 51.1 Å². The van der Waals surface area contributed by atoms with E-state index in [1.807, 2.05) is 30.2 Å². The van der Waals surface area contributed by atoms with Gasteiger partial charge in [-0.15, -0.1) is 0 Å². The molecule has 6 nitrogen and oxygen atoms in total. The molecule has 0 bridgehead atoms. The largest absolute Gasteiger partial charge is 0.377 e. The summed E-state index contributed by atoms with van der Waals surface area (Å²) >= 11 is 0. The number of carbonyl (C=O) groups is 1. The minimum Gasteiger partial charge on any atom is -0.377 e. The number of piperidine rings is 1. The van der Waals surface area contributed by atoms with Gasteiger partial charge in [0.15, 0.2) is 0 Å². The zero-order valence-corrected chi connectivity index (χ0v) is 12.7. The number of hydrogen-bond acceptors (Lipinski definition) is 4. The zero-order valence-electron chi connectivity index (χ0n) is 12.7. The first-order chi connectivity index (χ1) is 10.8. The van der Waals surface area contributed by atoms with Crippen molar-refractivity contribution >= 4 is 5.91 Å². The molecule has 0 spiro atoms. The topological polar surface area (TPSA) is 60.2 Å². The van der Waals surface area contributed by atoms with Gasteiger partial charge in [0.05, 0.1) is 11.7 Å². The molecule has 2 aromatic rings. The summed E-state index contributed by atoms with van der Waals surface area (Å²) < 4.78 is 7.45. The van der Waals surface area contributed by atoms with Crippen LogP contribution in [0.5, 0.6) is 0 Å². The third-order valence-corrected chi connectivity index (χ3v) is 3.83. The van der Waals surface area contributed by atoms with Gasteiger partial charge in [0.25, 0.3) is 5.91 Å². The van der Waals surface area contributed by atoms with Gasteiger partial charge in [-0.1, -0.05) is 0 Å². The molecule has 1 atom stereocenters. The van der Waals surface area contributed by atoms with Crippen molar-refractivity contribution in [3.05, 3.63) is 42.6 Å². The predicted octanol–water partition coefficient (Wildman–Crippen LogP) is 1.91. The SMILES string of the molecule is CCO[C@H]1CCCN(C(=O)c2ccc(-n3ccnc3)nc2)C1. The Hall–Kier alpha value is -2.21. The Balaban J connectivity index is 1.69. The number of ether oxygens (including phenoxy) is 1. The summed E-state index contributed by atoms with van der Waals surface area (Å²) in [5.41, 5.74) is 0.612. The highest BCUT2D eigenvalue weighted by atomic mass is 16.5. The first kappa shape index (κ1) is 14.7. The van der Waals surface area contributed by atoms with E-state index >= 15 is 0 Å². The van der Waals surface area contributed by atoms with Gasteiger partial charge in [-0.25, -0.2) is 9.97 Å². The Bertz CT molecular complexity index is 608. The fourth-order valence-electron chi connectivity index (χ4n) is 2.74. The molecule has 0 aromatic carbocycles. The Kier molecular flexibility index (Phi) is 4.48. The summed E-state index contributed by atoms with van der Waals surface area (Å²) in [5.74, 6) is 0.772. The average molecular weight is 300 g/mol. The van der Waals surface area contributed by atoms with Crippen molar-refractivity contribution in [1.82, 2.24) is 19.4 Å². The van der Waals surface area contributed by atoms with Crippen LogP contribution >= 0.6 is 0 Å². The van der Waals surface area contributed by atoms with E-state index in [0.29, 0.717) is 18.7 Å². The highest BCUT2D eigenvalue weighted by molar-refractivity contribution is 5.94. The quantitative estimate of drug-likeness (QED) is 0.865. The molecule has 1 saturated heterocycles. The number of imidazole rings is 1. The summed E-state index contributed by atoms with van der Waals surface area (Å²) in [4.78, 5) is 22.7. The van der Waals surface area contributed by atoms with Crippen LogP contribution in [0.3, 0.4) is 0 Å². The van der Waals surface area contributed by atoms with Crippen LogP contribution in [0, 0.1) is 0 Å². The highest BCUT2D eigenvalue weighted by Crippen LogP contribution is 2.16. The van der Waals surface area contributed by atoms with Crippen molar-refractivity contribution in [2.45, 2.75) is 25.9 Å². The number of hydrogen-bond donors (Lipinski definition) is 0. The Morgan fingerprint density at radius 3 is 3.05 bits per heavy atom. The lowest BCUT2D eigenvalue weighted by molar-refractivity contribution is 0.00723. The molecule has 0 N–H and O–H groups in total. The Morgan fingerprint density at radius 2 is 2.36 bits per heavy atom. The normalized spacial score (nSPS) is 18.4. The Labute approximate surface area is 129 Å². The summed E-state index contributed by atoms with van der Waals surface area (Å²) in [6.45, 7) is 4.12. The third kappa shape index (κ3) is 3.17. The zero-order chi connectivity index (χ0) is 15.4. The fourth-order valence-corrected chi connectivity index (χ4v) is 2.74. The molecule has 0 aliphatic carbocycles. The van der Waals surface area contributed by atoms with Gasteiger partial charge in [0.2, 0.25) is 0 Å². The van der Waals surface area contributed by atoms with Gasteiger partial charge in [0, 0.05) is 38.3 Å². The van der Waals surface area contributed by atoms with Crippen molar-refractivity contribution in [3.63, 3.8) is 0 Å². The van der Waals surface area contributed by atoms with Crippen LogP contribution in [0.1, 0.15) is 30.1 Å². The highest BCUT2D eigenvalue weighted by Gasteiger charge is 2.24. The second-order valence-electron chi connectivity index (χ2n) is 5.35. The molecule has 3 rings (SSSR count). The maximum atomic E-state index is 12.6. The van der Waals surface area contributed by atoms with Gasteiger partial charge < -0.3 is 9.64 Å². The predicted molar refractivity (Wildman–Crippen MR) is 81.9 cm³/mol. The molecule has 1 fully saturated rings. The van der Waals surface area contributed by atoms with Crippen molar-refractivity contribution in [3.8, 4) is 5.82 Å². The average Bonchev–Trinajstić information content (AvgIpc) is 3.09. The second-order valence-corrected chi connectivity index (χ2v) is 5.35. The first-order valence-electron chi connectivity index (χ1n) is 7.63. The van der Waals surface area contributed by atoms with E-state index in [1.165, 1.54) is 0 Å². The minimum absolute atomic E-state index is 0.0223. The monoisotopic (exact) mass is 300 g/mol. The van der Waals surface area contributed by atoms with Gasteiger partial charge >= 0.3 is 0 Å². The molecular weight excluding hydrogens is 280 g/mol. The molecule has 3 heterocycles. The standard InChI is InChI=1S/C16H20N4O2/c1-2-22-14-4-3-8-19(11-14)16(21)13-5-6-15(18-10-13)20-9-7-17-12-20/h5-7,9-10,12,14H,2-4,8,11H2,1H3/t14-/m0/s1. The molecule has 0 saturated carbocycles. The molecule has 2 aromatic heterocycles. The van der Waals surface area contributed by atoms with Crippen LogP contribution in [0.15, 0.2) is 37.1 Å². The van der Waals surface area contributed by atoms with Crippen LogP contribution in [0.2, 0.25) is 0 Å². The lowest BCUT2D eigenvalue weighted by atomic mass is 10.1. The van der Waals surface area contributed by atoms with E-state index in [-0.39, 0.29) is 12.0 Å². The summed E-state index contributed by atoms with van der Waals surface area (Å²) in [5, 5.41) is 0. The van der Waals surface area contributed by atoms with E-state index < -0.39 is 0 Å². The molecule has 6 heteroatoms. The van der Waals surface area contributed by atoms with E-state index in [2.05, 4.69) is 9.97 Å². The smallest absolute Gasteiger partial charge is 0.255 e. The number of amides is 1. The summed E-state index contributed by atoms with van der Waals surface area (Å²) in [6, 6.07) is 3.65. The fraction of sp³-hybridized carbons (Fsp3) is 0.438. The van der Waals surface area contributed by atoms with Gasteiger partial charge in [-0.3, -0.25) is 9.36 Å². The van der Waals surface area contributed by atoms with E-state index in [9.17, 15) is 4.79 Å². The van der Waals surface area contributed by atoms with Crippen LogP contribution < -0.4 is 0 Å². The number of aromatic nitrogens is 3.